The van der Waals surface area contributed by atoms with Crippen molar-refractivity contribution in [1.29, 1.82) is 5.26 Å². The third-order valence-corrected chi connectivity index (χ3v) is 1.75. The van der Waals surface area contributed by atoms with Crippen molar-refractivity contribution >= 4 is 5.65 Å². The predicted octanol–water partition coefficient (Wildman–Crippen LogP) is 1.19. The molecule has 0 N–H and O–H groups in total. The maximum Gasteiger partial charge on any atom is 0.156 e. The Balaban J connectivity index is 2.86. The van der Waals surface area contributed by atoms with Gasteiger partial charge >= 0.3 is 0 Å². The highest BCUT2D eigenvalue weighted by Crippen LogP contribution is 2.08. The van der Waals surface area contributed by atoms with Gasteiger partial charge in [-0.15, -0.1) is 6.42 Å². The first-order valence-electron chi connectivity index (χ1n) is 3.69. The number of rotatable bonds is 0. The van der Waals surface area contributed by atoms with E-state index in [-0.39, 0.29) is 0 Å². The summed E-state index contributed by atoms with van der Waals surface area (Å²) in [6.07, 6.45) is 8.72. The Labute approximate surface area is 75.3 Å². The van der Waals surface area contributed by atoms with E-state index in [0.29, 0.717) is 16.9 Å². The molecule has 3 nitrogen and oxygen atoms in total. The molecule has 0 atom stereocenters. The number of imidazole rings is 1. The average Bonchev–Trinajstić information content (AvgIpc) is 2.59. The first-order valence-corrected chi connectivity index (χ1v) is 3.69. The summed E-state index contributed by atoms with van der Waals surface area (Å²) in [6, 6.07) is 5.55. The molecule has 0 saturated carbocycles. The third-order valence-electron chi connectivity index (χ3n) is 1.75. The number of terminal acetylenes is 1. The molecule has 60 valence electrons. The summed E-state index contributed by atoms with van der Waals surface area (Å²) in [7, 11) is 0. The summed E-state index contributed by atoms with van der Waals surface area (Å²) >= 11 is 0. The minimum Gasteiger partial charge on any atom is -0.305 e. The second-order valence-electron chi connectivity index (χ2n) is 2.54. The molecule has 2 aromatic heterocycles. The quantitative estimate of drug-likeness (QED) is 0.553. The second-order valence-corrected chi connectivity index (χ2v) is 2.54. The van der Waals surface area contributed by atoms with Crippen LogP contribution in [0.25, 0.3) is 5.65 Å². The fourth-order valence-corrected chi connectivity index (χ4v) is 1.17. The van der Waals surface area contributed by atoms with Crippen molar-refractivity contribution in [2.24, 2.45) is 0 Å². The Bertz CT molecular complexity index is 537. The molecule has 2 heterocycles. The molecule has 3 heteroatoms. The second kappa shape index (κ2) is 2.66. The van der Waals surface area contributed by atoms with Crippen LogP contribution in [-0.2, 0) is 0 Å². The summed E-state index contributed by atoms with van der Waals surface area (Å²) in [4.78, 5) is 4.11. The molecular weight excluding hydrogens is 162 g/mol. The van der Waals surface area contributed by atoms with Crippen molar-refractivity contribution in [3.63, 3.8) is 0 Å². The number of nitrogens with zero attached hydrogens (tertiary/aromatic N) is 3. The van der Waals surface area contributed by atoms with Crippen LogP contribution in [0.2, 0.25) is 0 Å². The molecular formula is C10H5N3. The summed E-state index contributed by atoms with van der Waals surface area (Å²) in [5.74, 6) is 2.43. The van der Waals surface area contributed by atoms with Gasteiger partial charge in [-0.3, -0.25) is 0 Å². The van der Waals surface area contributed by atoms with Crippen LogP contribution in [0.3, 0.4) is 0 Å². The van der Waals surface area contributed by atoms with E-state index in [2.05, 4.69) is 17.0 Å². The Hall–Kier alpha value is -2.26. The largest absolute Gasteiger partial charge is 0.305 e. The number of hydrogen-bond donors (Lipinski definition) is 0. The van der Waals surface area contributed by atoms with E-state index in [0.717, 1.165) is 0 Å². The highest BCUT2D eigenvalue weighted by Gasteiger charge is 2.02. The van der Waals surface area contributed by atoms with Crippen LogP contribution in [0.5, 0.6) is 0 Å². The van der Waals surface area contributed by atoms with E-state index < -0.39 is 0 Å². The molecule has 0 aliphatic rings. The van der Waals surface area contributed by atoms with E-state index >= 15 is 0 Å². The molecule has 2 aromatic rings. The van der Waals surface area contributed by atoms with E-state index in [1.807, 2.05) is 6.20 Å². The standard InChI is InChI=1S/C10H5N3/c1-2-9-7-13-5-3-4-8(6-11)10(13)12-9/h1,3-5,7H. The molecule has 0 aromatic carbocycles. The number of pyridine rings is 1. The van der Waals surface area contributed by atoms with Gasteiger partial charge in [0.15, 0.2) is 5.65 Å². The summed E-state index contributed by atoms with van der Waals surface area (Å²) in [5, 5.41) is 8.76. The molecule has 0 radical (unpaired) electrons. The summed E-state index contributed by atoms with van der Waals surface area (Å²) in [6.45, 7) is 0. The first-order chi connectivity index (χ1) is 6.35. The lowest BCUT2D eigenvalue weighted by Crippen LogP contribution is -1.85. The van der Waals surface area contributed by atoms with Crippen LogP contribution < -0.4 is 0 Å². The maximum atomic E-state index is 8.76. The molecule has 2 rings (SSSR count). The smallest absolute Gasteiger partial charge is 0.156 e. The normalized spacial score (nSPS) is 9.38. The Kier molecular flexibility index (Phi) is 1.51. The molecule has 0 unspecified atom stereocenters. The van der Waals surface area contributed by atoms with Crippen molar-refractivity contribution in [3.05, 3.63) is 35.8 Å². The minimum absolute atomic E-state index is 0.531. The molecule has 0 amide bonds. The molecule has 0 aliphatic carbocycles. The monoisotopic (exact) mass is 167 g/mol. The van der Waals surface area contributed by atoms with Crippen molar-refractivity contribution in [3.8, 4) is 18.4 Å². The predicted molar refractivity (Wildman–Crippen MR) is 47.8 cm³/mol. The van der Waals surface area contributed by atoms with Gasteiger partial charge in [-0.2, -0.15) is 5.26 Å². The zero-order chi connectivity index (χ0) is 9.26. The van der Waals surface area contributed by atoms with Gasteiger partial charge in [-0.05, 0) is 18.1 Å². The fraction of sp³-hybridized carbons (Fsp3) is 0. The van der Waals surface area contributed by atoms with Crippen molar-refractivity contribution in [2.45, 2.75) is 0 Å². The molecule has 13 heavy (non-hydrogen) atoms. The number of aromatic nitrogens is 2. The topological polar surface area (TPSA) is 41.1 Å². The Morgan fingerprint density at radius 1 is 1.54 bits per heavy atom. The maximum absolute atomic E-state index is 8.76. The van der Waals surface area contributed by atoms with Crippen LogP contribution in [0.15, 0.2) is 24.5 Å². The number of fused-ring (bicyclic) bond motifs is 1. The van der Waals surface area contributed by atoms with E-state index in [9.17, 15) is 0 Å². The highest BCUT2D eigenvalue weighted by molar-refractivity contribution is 5.56. The zero-order valence-corrected chi connectivity index (χ0v) is 6.73. The Morgan fingerprint density at radius 2 is 2.38 bits per heavy atom. The van der Waals surface area contributed by atoms with Gasteiger partial charge in [0.1, 0.15) is 11.8 Å². The van der Waals surface area contributed by atoms with Crippen LogP contribution in [0.1, 0.15) is 11.3 Å². The van der Waals surface area contributed by atoms with E-state index in [1.165, 1.54) is 0 Å². The first kappa shape index (κ1) is 7.39. The molecule has 0 aliphatic heterocycles. The van der Waals surface area contributed by atoms with Crippen molar-refractivity contribution in [1.82, 2.24) is 9.38 Å². The van der Waals surface area contributed by atoms with Crippen molar-refractivity contribution in [2.75, 3.05) is 0 Å². The third kappa shape index (κ3) is 1.04. The minimum atomic E-state index is 0.531. The van der Waals surface area contributed by atoms with Gasteiger partial charge < -0.3 is 4.40 Å². The van der Waals surface area contributed by atoms with Crippen LogP contribution >= 0.6 is 0 Å². The summed E-state index contributed by atoms with van der Waals surface area (Å²) in [5.41, 5.74) is 1.68. The number of hydrogen-bond acceptors (Lipinski definition) is 2. The van der Waals surface area contributed by atoms with Crippen LogP contribution in [0, 0.1) is 23.7 Å². The SMILES string of the molecule is C#Cc1cn2cccc(C#N)c2n1. The van der Waals surface area contributed by atoms with Crippen LogP contribution in [0.4, 0.5) is 0 Å². The van der Waals surface area contributed by atoms with Crippen LogP contribution in [-0.4, -0.2) is 9.38 Å². The van der Waals surface area contributed by atoms with E-state index in [1.54, 1.807) is 22.7 Å². The molecule has 0 fully saturated rings. The van der Waals surface area contributed by atoms with Gasteiger partial charge in [0.25, 0.3) is 0 Å². The lowest BCUT2D eigenvalue weighted by Gasteiger charge is -1.91. The highest BCUT2D eigenvalue weighted by atomic mass is 15.0. The van der Waals surface area contributed by atoms with Crippen molar-refractivity contribution < 1.29 is 0 Å². The van der Waals surface area contributed by atoms with Gasteiger partial charge in [-0.25, -0.2) is 4.98 Å². The van der Waals surface area contributed by atoms with Gasteiger partial charge in [-0.1, -0.05) is 0 Å². The van der Waals surface area contributed by atoms with Gasteiger partial charge in [0.2, 0.25) is 0 Å². The van der Waals surface area contributed by atoms with Gasteiger partial charge in [0.05, 0.1) is 5.56 Å². The molecule has 0 saturated heterocycles. The molecule has 0 spiro atoms. The fourth-order valence-electron chi connectivity index (χ4n) is 1.17. The average molecular weight is 167 g/mol. The lowest BCUT2D eigenvalue weighted by atomic mass is 10.3. The Morgan fingerprint density at radius 3 is 3.08 bits per heavy atom. The zero-order valence-electron chi connectivity index (χ0n) is 6.73. The summed E-state index contributed by atoms with van der Waals surface area (Å²) < 4.78 is 1.74. The lowest BCUT2D eigenvalue weighted by molar-refractivity contribution is 1.18. The number of nitriles is 1. The van der Waals surface area contributed by atoms with E-state index in [4.69, 9.17) is 11.7 Å². The molecule has 0 bridgehead atoms. The van der Waals surface area contributed by atoms with Gasteiger partial charge in [0, 0.05) is 12.4 Å².